The van der Waals surface area contributed by atoms with E-state index in [-0.39, 0.29) is 0 Å². The lowest BCUT2D eigenvalue weighted by Gasteiger charge is -2.19. The standard InChI is InChI=1S/C10H9BrO3/c11-9-4-7(1-2-12)3-8-5-13-6-14-10(8)9/h2-4H,1,5-6H2. The molecule has 0 fully saturated rings. The highest BCUT2D eigenvalue weighted by Gasteiger charge is 2.14. The second-order valence-corrected chi connectivity index (χ2v) is 3.90. The zero-order valence-electron chi connectivity index (χ0n) is 7.46. The maximum absolute atomic E-state index is 10.4. The van der Waals surface area contributed by atoms with Gasteiger partial charge in [-0.1, -0.05) is 0 Å². The summed E-state index contributed by atoms with van der Waals surface area (Å²) in [6.07, 6.45) is 1.31. The number of rotatable bonds is 2. The summed E-state index contributed by atoms with van der Waals surface area (Å²) in [4.78, 5) is 10.4. The molecular weight excluding hydrogens is 248 g/mol. The lowest BCUT2D eigenvalue weighted by Crippen LogP contribution is -2.12. The van der Waals surface area contributed by atoms with Crippen LogP contribution in [0.25, 0.3) is 0 Å². The fourth-order valence-corrected chi connectivity index (χ4v) is 2.11. The van der Waals surface area contributed by atoms with Gasteiger partial charge in [0.1, 0.15) is 12.0 Å². The van der Waals surface area contributed by atoms with E-state index in [4.69, 9.17) is 9.47 Å². The average molecular weight is 257 g/mol. The second-order valence-electron chi connectivity index (χ2n) is 3.05. The van der Waals surface area contributed by atoms with Crippen LogP contribution in [-0.2, 0) is 22.6 Å². The molecule has 3 nitrogen and oxygen atoms in total. The van der Waals surface area contributed by atoms with Crippen LogP contribution in [0.5, 0.6) is 5.75 Å². The lowest BCUT2D eigenvalue weighted by atomic mass is 10.1. The van der Waals surface area contributed by atoms with Crippen molar-refractivity contribution in [2.24, 2.45) is 0 Å². The number of carbonyl (C=O) groups excluding carboxylic acids is 1. The van der Waals surface area contributed by atoms with Gasteiger partial charge in [0.2, 0.25) is 0 Å². The summed E-state index contributed by atoms with van der Waals surface area (Å²) >= 11 is 3.41. The third kappa shape index (κ3) is 1.81. The molecule has 0 saturated carbocycles. The maximum Gasteiger partial charge on any atom is 0.189 e. The van der Waals surface area contributed by atoms with Gasteiger partial charge in [0.15, 0.2) is 6.79 Å². The van der Waals surface area contributed by atoms with Crippen molar-refractivity contribution < 1.29 is 14.3 Å². The third-order valence-corrected chi connectivity index (χ3v) is 2.63. The van der Waals surface area contributed by atoms with Gasteiger partial charge in [0, 0.05) is 12.0 Å². The molecule has 0 unspecified atom stereocenters. The van der Waals surface area contributed by atoms with Crippen molar-refractivity contribution in [1.82, 2.24) is 0 Å². The highest BCUT2D eigenvalue weighted by Crippen LogP contribution is 2.33. The molecule has 0 radical (unpaired) electrons. The van der Waals surface area contributed by atoms with Crippen LogP contribution in [0.4, 0.5) is 0 Å². The van der Waals surface area contributed by atoms with Crippen molar-refractivity contribution in [2.75, 3.05) is 6.79 Å². The van der Waals surface area contributed by atoms with Crippen LogP contribution in [-0.4, -0.2) is 13.1 Å². The SMILES string of the molecule is O=CCc1cc(Br)c2c(c1)COCO2. The smallest absolute Gasteiger partial charge is 0.189 e. The fraction of sp³-hybridized carbons (Fsp3) is 0.300. The number of hydrogen-bond acceptors (Lipinski definition) is 3. The van der Waals surface area contributed by atoms with Gasteiger partial charge in [-0.05, 0) is 33.6 Å². The quantitative estimate of drug-likeness (QED) is 0.761. The number of ether oxygens (including phenoxy) is 2. The van der Waals surface area contributed by atoms with Gasteiger partial charge in [-0.2, -0.15) is 0 Å². The Hall–Kier alpha value is -0.870. The Kier molecular flexibility index (Phi) is 2.84. The van der Waals surface area contributed by atoms with Crippen molar-refractivity contribution in [3.05, 3.63) is 27.7 Å². The van der Waals surface area contributed by atoms with Gasteiger partial charge in [0.25, 0.3) is 0 Å². The predicted molar refractivity (Wildman–Crippen MR) is 54.2 cm³/mol. The number of aldehydes is 1. The molecule has 1 aromatic carbocycles. The summed E-state index contributed by atoms with van der Waals surface area (Å²) in [6, 6.07) is 3.84. The van der Waals surface area contributed by atoms with E-state index in [0.717, 1.165) is 27.6 Å². The van der Waals surface area contributed by atoms with E-state index < -0.39 is 0 Å². The summed E-state index contributed by atoms with van der Waals surface area (Å²) in [6.45, 7) is 0.833. The zero-order valence-corrected chi connectivity index (χ0v) is 9.04. The molecule has 1 aromatic rings. The zero-order chi connectivity index (χ0) is 9.97. The summed E-state index contributed by atoms with van der Waals surface area (Å²) in [5.41, 5.74) is 1.96. The van der Waals surface area contributed by atoms with E-state index in [1.54, 1.807) is 0 Å². The van der Waals surface area contributed by atoms with E-state index in [1.165, 1.54) is 0 Å². The van der Waals surface area contributed by atoms with E-state index in [2.05, 4.69) is 15.9 Å². The molecular formula is C10H9BrO3. The Bertz CT molecular complexity index is 363. The Labute approximate surface area is 90.1 Å². The van der Waals surface area contributed by atoms with Crippen LogP contribution in [0.3, 0.4) is 0 Å². The molecule has 0 atom stereocenters. The van der Waals surface area contributed by atoms with Crippen LogP contribution < -0.4 is 4.74 Å². The van der Waals surface area contributed by atoms with Crippen LogP contribution in [0, 0.1) is 0 Å². The number of benzene rings is 1. The largest absolute Gasteiger partial charge is 0.466 e. The van der Waals surface area contributed by atoms with Crippen LogP contribution in [0.2, 0.25) is 0 Å². The molecule has 0 aromatic heterocycles. The first-order valence-corrected chi connectivity index (χ1v) is 5.06. The highest BCUT2D eigenvalue weighted by atomic mass is 79.9. The van der Waals surface area contributed by atoms with Gasteiger partial charge in [-0.3, -0.25) is 0 Å². The number of fused-ring (bicyclic) bond motifs is 1. The molecule has 14 heavy (non-hydrogen) atoms. The summed E-state index contributed by atoms with van der Waals surface area (Å²) in [5.74, 6) is 0.825. The van der Waals surface area contributed by atoms with E-state index >= 15 is 0 Å². The van der Waals surface area contributed by atoms with Crippen LogP contribution in [0.1, 0.15) is 11.1 Å². The molecule has 1 heterocycles. The molecule has 0 bridgehead atoms. The number of carbonyl (C=O) groups is 1. The minimum Gasteiger partial charge on any atom is -0.466 e. The Balaban J connectivity index is 2.40. The molecule has 0 amide bonds. The topological polar surface area (TPSA) is 35.5 Å². The van der Waals surface area contributed by atoms with E-state index in [1.807, 2.05) is 12.1 Å². The minimum absolute atomic E-state index is 0.290. The van der Waals surface area contributed by atoms with Gasteiger partial charge in [0.05, 0.1) is 11.1 Å². The second kappa shape index (κ2) is 4.11. The summed E-state index contributed by atoms with van der Waals surface area (Å²) in [7, 11) is 0. The Morgan fingerprint density at radius 2 is 2.36 bits per heavy atom. The molecule has 1 aliphatic rings. The van der Waals surface area contributed by atoms with E-state index in [0.29, 0.717) is 19.8 Å². The third-order valence-electron chi connectivity index (χ3n) is 2.04. The predicted octanol–water partition coefficient (Wildman–Crippen LogP) is 2.06. The normalized spacial score (nSPS) is 14.4. The first kappa shape index (κ1) is 9.68. The van der Waals surface area contributed by atoms with Crippen molar-refractivity contribution in [2.45, 2.75) is 13.0 Å². The van der Waals surface area contributed by atoms with Crippen molar-refractivity contribution >= 4 is 22.2 Å². The molecule has 0 aliphatic carbocycles. The first-order chi connectivity index (χ1) is 6.81. The monoisotopic (exact) mass is 256 g/mol. The molecule has 1 aliphatic heterocycles. The summed E-state index contributed by atoms with van der Waals surface area (Å²) < 4.78 is 11.4. The van der Waals surface area contributed by atoms with Crippen molar-refractivity contribution in [3.63, 3.8) is 0 Å². The molecule has 0 spiro atoms. The van der Waals surface area contributed by atoms with Gasteiger partial charge in [-0.25, -0.2) is 0 Å². The summed E-state index contributed by atoms with van der Waals surface area (Å²) in [5, 5.41) is 0. The van der Waals surface area contributed by atoms with E-state index in [9.17, 15) is 4.79 Å². The van der Waals surface area contributed by atoms with Gasteiger partial charge < -0.3 is 14.3 Å². The lowest BCUT2D eigenvalue weighted by molar-refractivity contribution is -0.107. The fourth-order valence-electron chi connectivity index (χ4n) is 1.45. The highest BCUT2D eigenvalue weighted by molar-refractivity contribution is 9.10. The molecule has 2 rings (SSSR count). The average Bonchev–Trinajstić information content (AvgIpc) is 2.18. The maximum atomic E-state index is 10.4. The molecule has 0 saturated heterocycles. The number of halogens is 1. The van der Waals surface area contributed by atoms with Gasteiger partial charge >= 0.3 is 0 Å². The Morgan fingerprint density at radius 3 is 3.14 bits per heavy atom. The van der Waals surface area contributed by atoms with Crippen LogP contribution in [0.15, 0.2) is 16.6 Å². The van der Waals surface area contributed by atoms with Gasteiger partial charge in [-0.15, -0.1) is 0 Å². The van der Waals surface area contributed by atoms with Crippen molar-refractivity contribution in [3.8, 4) is 5.75 Å². The molecule has 4 heteroatoms. The minimum atomic E-state index is 0.290. The molecule has 0 N–H and O–H groups in total. The molecule has 74 valence electrons. The first-order valence-electron chi connectivity index (χ1n) is 4.26. The Morgan fingerprint density at radius 1 is 1.50 bits per heavy atom. The van der Waals surface area contributed by atoms with Crippen LogP contribution >= 0.6 is 15.9 Å². The number of hydrogen-bond donors (Lipinski definition) is 0. The van der Waals surface area contributed by atoms with Crippen molar-refractivity contribution in [1.29, 1.82) is 0 Å².